The molecule has 0 atom stereocenters. The van der Waals surface area contributed by atoms with E-state index in [1.165, 1.54) is 6.08 Å². The van der Waals surface area contributed by atoms with Gasteiger partial charge in [0, 0.05) is 30.3 Å². The largest absolute Gasteiger partial charge is 0.359 e. The number of hydrogen-bond donors (Lipinski definition) is 3. The number of halogens is 1. The van der Waals surface area contributed by atoms with Crippen molar-refractivity contribution in [3.63, 3.8) is 0 Å². The number of aryl methyl sites for hydroxylation is 1. The zero-order chi connectivity index (χ0) is 19.6. The van der Waals surface area contributed by atoms with E-state index in [-0.39, 0.29) is 16.9 Å². The molecule has 0 aromatic heterocycles. The Morgan fingerprint density at radius 2 is 1.74 bits per heavy atom. The van der Waals surface area contributed by atoms with Crippen molar-refractivity contribution in [3.05, 3.63) is 70.8 Å². The lowest BCUT2D eigenvalue weighted by Gasteiger charge is -2.09. The van der Waals surface area contributed by atoms with Gasteiger partial charge in [-0.2, -0.15) is 0 Å². The lowest BCUT2D eigenvalue weighted by molar-refractivity contribution is -0.120. The van der Waals surface area contributed by atoms with Gasteiger partial charge in [0.2, 0.25) is 11.8 Å². The second-order valence-corrected chi connectivity index (χ2v) is 6.54. The zero-order valence-electron chi connectivity index (χ0n) is 14.8. The number of nitrogens with one attached hydrogen (secondary N) is 3. The fourth-order valence-electron chi connectivity index (χ4n) is 2.20. The van der Waals surface area contributed by atoms with Gasteiger partial charge in [0.1, 0.15) is 0 Å². The summed E-state index contributed by atoms with van der Waals surface area (Å²) in [6, 6.07) is 14.7. The summed E-state index contributed by atoms with van der Waals surface area (Å²) in [5.74, 6) is -0.322. The molecule has 0 aliphatic heterocycles. The standard InChI is InChI=1S/C20H20ClN3O2S/c1-22-18(25)12-6-15-4-10-17(11-5-15)23-20(27)24-19(26)13-7-14-2-8-16(21)9-3-14/h2-5,7-11,13H,6,12H2,1H3,(H,22,25)(H2,23,24,26,27)/b13-7+. The van der Waals surface area contributed by atoms with Crippen molar-refractivity contribution in [1.82, 2.24) is 10.6 Å². The fraction of sp³-hybridized carbons (Fsp3) is 0.150. The van der Waals surface area contributed by atoms with E-state index >= 15 is 0 Å². The molecule has 2 aromatic rings. The first kappa shape index (κ1) is 20.6. The van der Waals surface area contributed by atoms with Gasteiger partial charge in [-0.15, -0.1) is 0 Å². The van der Waals surface area contributed by atoms with Crippen LogP contribution in [-0.2, 0) is 16.0 Å². The number of amides is 2. The Morgan fingerprint density at radius 1 is 1.07 bits per heavy atom. The summed E-state index contributed by atoms with van der Waals surface area (Å²) >= 11 is 11.0. The monoisotopic (exact) mass is 401 g/mol. The molecular formula is C20H20ClN3O2S. The minimum absolute atomic E-state index is 0.00717. The number of carbonyl (C=O) groups excluding carboxylic acids is 2. The zero-order valence-corrected chi connectivity index (χ0v) is 16.4. The van der Waals surface area contributed by atoms with Gasteiger partial charge in [-0.05, 0) is 60.1 Å². The Labute approximate surface area is 168 Å². The lowest BCUT2D eigenvalue weighted by atomic mass is 10.1. The molecule has 5 nitrogen and oxygen atoms in total. The molecule has 2 rings (SSSR count). The second-order valence-electron chi connectivity index (χ2n) is 5.70. The topological polar surface area (TPSA) is 70.2 Å². The van der Waals surface area contributed by atoms with Crippen molar-refractivity contribution in [2.24, 2.45) is 0 Å². The minimum Gasteiger partial charge on any atom is -0.359 e. The minimum atomic E-state index is -0.329. The third-order valence-corrected chi connectivity index (χ3v) is 4.12. The Bertz CT molecular complexity index is 833. The highest BCUT2D eigenvalue weighted by molar-refractivity contribution is 7.80. The first-order valence-electron chi connectivity index (χ1n) is 8.31. The number of hydrogen-bond acceptors (Lipinski definition) is 3. The molecule has 0 aliphatic rings. The molecule has 140 valence electrons. The van der Waals surface area contributed by atoms with Gasteiger partial charge >= 0.3 is 0 Å². The highest BCUT2D eigenvalue weighted by Gasteiger charge is 2.03. The van der Waals surface area contributed by atoms with E-state index in [0.29, 0.717) is 17.9 Å². The van der Waals surface area contributed by atoms with Crippen molar-refractivity contribution in [1.29, 1.82) is 0 Å². The molecule has 0 saturated heterocycles. The predicted molar refractivity (Wildman–Crippen MR) is 114 cm³/mol. The lowest BCUT2D eigenvalue weighted by Crippen LogP contribution is -2.32. The summed E-state index contributed by atoms with van der Waals surface area (Å²) in [7, 11) is 1.62. The third-order valence-electron chi connectivity index (χ3n) is 3.67. The van der Waals surface area contributed by atoms with Gasteiger partial charge in [0.25, 0.3) is 0 Å². The average Bonchev–Trinajstić information content (AvgIpc) is 2.66. The fourth-order valence-corrected chi connectivity index (χ4v) is 2.54. The van der Waals surface area contributed by atoms with E-state index in [2.05, 4.69) is 16.0 Å². The maximum atomic E-state index is 11.9. The number of rotatable bonds is 6. The van der Waals surface area contributed by atoms with Crippen molar-refractivity contribution in [2.45, 2.75) is 12.8 Å². The van der Waals surface area contributed by atoms with Crippen LogP contribution >= 0.6 is 23.8 Å². The van der Waals surface area contributed by atoms with E-state index in [0.717, 1.165) is 16.8 Å². The van der Waals surface area contributed by atoms with E-state index in [9.17, 15) is 9.59 Å². The molecule has 27 heavy (non-hydrogen) atoms. The van der Waals surface area contributed by atoms with Gasteiger partial charge < -0.3 is 10.6 Å². The van der Waals surface area contributed by atoms with Crippen LogP contribution in [0, 0.1) is 0 Å². The van der Waals surface area contributed by atoms with Gasteiger partial charge in [-0.3, -0.25) is 14.9 Å². The summed E-state index contributed by atoms with van der Waals surface area (Å²) in [6.45, 7) is 0. The molecule has 2 aromatic carbocycles. The maximum absolute atomic E-state index is 11.9. The van der Waals surface area contributed by atoms with Crippen LogP contribution in [0.5, 0.6) is 0 Å². The second kappa shape index (κ2) is 10.4. The van der Waals surface area contributed by atoms with E-state index in [1.807, 2.05) is 36.4 Å². The summed E-state index contributed by atoms with van der Waals surface area (Å²) in [6.07, 6.45) is 4.18. The molecular weight excluding hydrogens is 382 g/mol. The smallest absolute Gasteiger partial charge is 0.250 e. The molecule has 0 aliphatic carbocycles. The Kier molecular flexibility index (Phi) is 7.98. The number of anilines is 1. The van der Waals surface area contributed by atoms with Crippen molar-refractivity contribution in [2.75, 3.05) is 12.4 Å². The predicted octanol–water partition coefficient (Wildman–Crippen LogP) is 3.55. The normalized spacial score (nSPS) is 10.4. The quantitative estimate of drug-likeness (QED) is 0.511. The van der Waals surface area contributed by atoms with Crippen LogP contribution in [0.4, 0.5) is 5.69 Å². The van der Waals surface area contributed by atoms with Crippen LogP contribution in [0.25, 0.3) is 6.08 Å². The van der Waals surface area contributed by atoms with Gasteiger partial charge in [-0.1, -0.05) is 35.9 Å². The summed E-state index contributed by atoms with van der Waals surface area (Å²) in [5.41, 5.74) is 2.66. The van der Waals surface area contributed by atoms with Crippen LogP contribution < -0.4 is 16.0 Å². The van der Waals surface area contributed by atoms with Crippen molar-refractivity contribution < 1.29 is 9.59 Å². The molecule has 0 fully saturated rings. The summed E-state index contributed by atoms with van der Waals surface area (Å²) < 4.78 is 0. The third kappa shape index (κ3) is 7.60. The molecule has 0 saturated carbocycles. The number of thiocarbonyl (C=S) groups is 1. The molecule has 0 unspecified atom stereocenters. The highest BCUT2D eigenvalue weighted by atomic mass is 35.5. The summed E-state index contributed by atoms with van der Waals surface area (Å²) in [5, 5.41) is 8.98. The summed E-state index contributed by atoms with van der Waals surface area (Å²) in [4.78, 5) is 23.2. The SMILES string of the molecule is CNC(=O)CCc1ccc(NC(=S)NC(=O)/C=C/c2ccc(Cl)cc2)cc1. The first-order chi connectivity index (χ1) is 13.0. The number of benzene rings is 2. The molecule has 0 bridgehead atoms. The molecule has 7 heteroatoms. The van der Waals surface area contributed by atoms with E-state index in [1.54, 1.807) is 25.3 Å². The van der Waals surface area contributed by atoms with Gasteiger partial charge in [0.05, 0.1) is 0 Å². The van der Waals surface area contributed by atoms with Crippen LogP contribution in [0.15, 0.2) is 54.6 Å². The highest BCUT2D eigenvalue weighted by Crippen LogP contribution is 2.12. The number of carbonyl (C=O) groups is 2. The van der Waals surface area contributed by atoms with Crippen LogP contribution in [0.1, 0.15) is 17.5 Å². The van der Waals surface area contributed by atoms with Crippen LogP contribution in [-0.4, -0.2) is 24.0 Å². The Hall–Kier alpha value is -2.70. The van der Waals surface area contributed by atoms with Gasteiger partial charge in [-0.25, -0.2) is 0 Å². The first-order valence-corrected chi connectivity index (χ1v) is 9.10. The van der Waals surface area contributed by atoms with Crippen LogP contribution in [0.3, 0.4) is 0 Å². The van der Waals surface area contributed by atoms with Gasteiger partial charge in [0.15, 0.2) is 5.11 Å². The maximum Gasteiger partial charge on any atom is 0.250 e. The van der Waals surface area contributed by atoms with E-state index in [4.69, 9.17) is 23.8 Å². The average molecular weight is 402 g/mol. The molecule has 3 N–H and O–H groups in total. The Balaban J connectivity index is 1.81. The van der Waals surface area contributed by atoms with E-state index < -0.39 is 0 Å². The van der Waals surface area contributed by atoms with Crippen molar-refractivity contribution in [3.8, 4) is 0 Å². The molecule has 2 amide bonds. The van der Waals surface area contributed by atoms with Crippen LogP contribution in [0.2, 0.25) is 5.02 Å². The molecule has 0 heterocycles. The molecule has 0 radical (unpaired) electrons. The Morgan fingerprint density at radius 3 is 2.37 bits per heavy atom. The van der Waals surface area contributed by atoms with Crippen molar-refractivity contribution >= 4 is 52.5 Å². The molecule has 0 spiro atoms.